The zero-order valence-electron chi connectivity index (χ0n) is 13.3. The smallest absolute Gasteiger partial charge is 0.278 e. The van der Waals surface area contributed by atoms with Gasteiger partial charge in [-0.15, -0.1) is 0 Å². The number of aryl methyl sites for hydroxylation is 1. The molecule has 1 heterocycles. The van der Waals surface area contributed by atoms with E-state index in [1.165, 1.54) is 0 Å². The second-order valence-corrected chi connectivity index (χ2v) is 5.62. The van der Waals surface area contributed by atoms with Crippen molar-refractivity contribution in [1.82, 2.24) is 10.3 Å². The van der Waals surface area contributed by atoms with E-state index in [1.807, 2.05) is 0 Å². The molecule has 0 aliphatic rings. The predicted octanol–water partition coefficient (Wildman–Crippen LogP) is 2.76. The average molecular weight is 295 g/mol. The number of pyridine rings is 1. The van der Waals surface area contributed by atoms with Crippen molar-refractivity contribution in [1.29, 1.82) is 0 Å². The van der Waals surface area contributed by atoms with Crippen molar-refractivity contribution in [2.24, 2.45) is 5.92 Å². The Bertz CT molecular complexity index is 475. The summed E-state index contributed by atoms with van der Waals surface area (Å²) in [6.07, 6.45) is 2.48. The zero-order valence-corrected chi connectivity index (χ0v) is 13.3. The van der Waals surface area contributed by atoms with E-state index in [0.717, 1.165) is 31.9 Å². The van der Waals surface area contributed by atoms with E-state index in [-0.39, 0.29) is 10.6 Å². The highest BCUT2D eigenvalue weighted by molar-refractivity contribution is 5.47. The van der Waals surface area contributed by atoms with Gasteiger partial charge in [0.15, 0.2) is 0 Å². The molecule has 0 bridgehead atoms. The van der Waals surface area contributed by atoms with Gasteiger partial charge in [-0.2, -0.15) is 0 Å². The molecule has 0 aliphatic heterocycles. The Morgan fingerprint density at radius 3 is 2.76 bits per heavy atom. The van der Waals surface area contributed by atoms with E-state index in [1.54, 1.807) is 20.0 Å². The summed E-state index contributed by atoms with van der Waals surface area (Å²) in [5.74, 6) is 0.554. The average Bonchev–Trinajstić information content (AvgIpc) is 2.39. The van der Waals surface area contributed by atoms with Crippen LogP contribution in [0.5, 0.6) is 0 Å². The van der Waals surface area contributed by atoms with Crippen LogP contribution in [0.25, 0.3) is 0 Å². The summed E-state index contributed by atoms with van der Waals surface area (Å²) in [6, 6.07) is 0. The molecule has 0 saturated heterocycles. The number of hydrogen-bond donors (Lipinski definition) is 1. The van der Waals surface area contributed by atoms with Gasteiger partial charge in [-0.1, -0.05) is 13.8 Å². The molecule has 0 fully saturated rings. The Morgan fingerprint density at radius 1 is 1.43 bits per heavy atom. The van der Waals surface area contributed by atoms with Gasteiger partial charge in [-0.05, 0) is 32.7 Å². The van der Waals surface area contributed by atoms with Gasteiger partial charge in [-0.3, -0.25) is 15.1 Å². The maximum Gasteiger partial charge on any atom is 0.278 e. The molecule has 1 rings (SSSR count). The van der Waals surface area contributed by atoms with Gasteiger partial charge in [0.05, 0.1) is 10.6 Å². The predicted molar refractivity (Wildman–Crippen MR) is 82.3 cm³/mol. The van der Waals surface area contributed by atoms with Crippen molar-refractivity contribution in [3.63, 3.8) is 0 Å². The van der Waals surface area contributed by atoms with E-state index in [2.05, 4.69) is 24.1 Å². The van der Waals surface area contributed by atoms with Gasteiger partial charge in [-0.25, -0.2) is 0 Å². The van der Waals surface area contributed by atoms with Crippen LogP contribution in [0.2, 0.25) is 0 Å². The lowest BCUT2D eigenvalue weighted by atomic mass is 10.1. The van der Waals surface area contributed by atoms with E-state index in [0.29, 0.717) is 23.6 Å². The molecule has 1 aromatic heterocycles. The van der Waals surface area contributed by atoms with Crippen LogP contribution in [-0.2, 0) is 11.3 Å². The summed E-state index contributed by atoms with van der Waals surface area (Å²) in [5, 5.41) is 14.3. The Balaban J connectivity index is 2.39. The molecular formula is C15H25N3O3. The number of rotatable bonds is 9. The van der Waals surface area contributed by atoms with Crippen molar-refractivity contribution in [3.05, 3.63) is 33.1 Å². The number of ether oxygens (including phenoxy) is 1. The maximum atomic E-state index is 11.0. The molecule has 0 saturated carbocycles. The largest absolute Gasteiger partial charge is 0.381 e. The van der Waals surface area contributed by atoms with Crippen LogP contribution in [0.1, 0.15) is 37.1 Å². The Hall–Kier alpha value is -1.53. The fourth-order valence-electron chi connectivity index (χ4n) is 2.05. The first-order valence-electron chi connectivity index (χ1n) is 7.31. The third-order valence-electron chi connectivity index (χ3n) is 3.14. The molecule has 0 unspecified atom stereocenters. The minimum absolute atomic E-state index is 0.169. The van der Waals surface area contributed by atoms with Gasteiger partial charge < -0.3 is 10.1 Å². The molecule has 6 heteroatoms. The molecule has 0 aliphatic carbocycles. The second kappa shape index (κ2) is 8.69. The van der Waals surface area contributed by atoms with Crippen LogP contribution in [0.4, 0.5) is 5.69 Å². The van der Waals surface area contributed by atoms with Crippen molar-refractivity contribution in [2.45, 2.75) is 40.7 Å². The van der Waals surface area contributed by atoms with Crippen LogP contribution in [0.15, 0.2) is 6.20 Å². The number of nitrogens with zero attached hydrogens (tertiary/aromatic N) is 2. The summed E-state index contributed by atoms with van der Waals surface area (Å²) < 4.78 is 5.49. The standard InChI is InChI=1S/C15H25N3O3/c1-11(2)10-21-7-5-6-16-9-14-13(4)15(18(19)20)12(3)8-17-14/h8,11,16H,5-7,9-10H2,1-4H3. The molecule has 21 heavy (non-hydrogen) atoms. The minimum Gasteiger partial charge on any atom is -0.381 e. The van der Waals surface area contributed by atoms with Gasteiger partial charge in [0.1, 0.15) is 0 Å². The molecule has 0 aromatic carbocycles. The first kappa shape index (κ1) is 17.5. The lowest BCUT2D eigenvalue weighted by molar-refractivity contribution is -0.386. The van der Waals surface area contributed by atoms with Crippen LogP contribution in [-0.4, -0.2) is 29.7 Å². The first-order valence-corrected chi connectivity index (χ1v) is 7.31. The lowest BCUT2D eigenvalue weighted by Crippen LogP contribution is -2.19. The Morgan fingerprint density at radius 2 is 2.14 bits per heavy atom. The Labute approximate surface area is 126 Å². The Kier molecular flexibility index (Phi) is 7.25. The molecule has 0 spiro atoms. The highest BCUT2D eigenvalue weighted by Crippen LogP contribution is 2.23. The van der Waals surface area contributed by atoms with Crippen LogP contribution < -0.4 is 5.32 Å². The molecule has 118 valence electrons. The van der Waals surface area contributed by atoms with Gasteiger partial charge >= 0.3 is 0 Å². The molecular weight excluding hydrogens is 270 g/mol. The third kappa shape index (κ3) is 5.77. The SMILES string of the molecule is Cc1cnc(CNCCCOCC(C)C)c(C)c1[N+](=O)[O-]. The minimum atomic E-state index is -0.338. The highest BCUT2D eigenvalue weighted by Gasteiger charge is 2.18. The zero-order chi connectivity index (χ0) is 15.8. The fraction of sp³-hybridized carbons (Fsp3) is 0.667. The summed E-state index contributed by atoms with van der Waals surface area (Å²) >= 11 is 0. The summed E-state index contributed by atoms with van der Waals surface area (Å²) in [5.41, 5.74) is 2.14. The van der Waals surface area contributed by atoms with Crippen molar-refractivity contribution < 1.29 is 9.66 Å². The number of aromatic nitrogens is 1. The van der Waals surface area contributed by atoms with E-state index in [9.17, 15) is 10.1 Å². The molecule has 6 nitrogen and oxygen atoms in total. The normalized spacial score (nSPS) is 11.1. The summed E-state index contributed by atoms with van der Waals surface area (Å²) in [7, 11) is 0. The number of hydrogen-bond acceptors (Lipinski definition) is 5. The van der Waals surface area contributed by atoms with E-state index < -0.39 is 0 Å². The van der Waals surface area contributed by atoms with Crippen molar-refractivity contribution in [2.75, 3.05) is 19.8 Å². The van der Waals surface area contributed by atoms with Crippen molar-refractivity contribution >= 4 is 5.69 Å². The lowest BCUT2D eigenvalue weighted by Gasteiger charge is -2.09. The first-order chi connectivity index (χ1) is 9.93. The molecule has 1 aromatic rings. The summed E-state index contributed by atoms with van der Waals surface area (Å²) in [6.45, 7) is 10.6. The third-order valence-corrected chi connectivity index (χ3v) is 3.14. The molecule has 0 radical (unpaired) electrons. The monoisotopic (exact) mass is 295 g/mol. The van der Waals surface area contributed by atoms with E-state index in [4.69, 9.17) is 4.74 Å². The number of nitrogens with one attached hydrogen (secondary N) is 1. The molecule has 0 amide bonds. The maximum absolute atomic E-state index is 11.0. The molecule has 0 atom stereocenters. The van der Waals surface area contributed by atoms with Crippen molar-refractivity contribution in [3.8, 4) is 0 Å². The summed E-state index contributed by atoms with van der Waals surface area (Å²) in [4.78, 5) is 15.0. The van der Waals surface area contributed by atoms with Crippen LogP contribution in [0, 0.1) is 29.9 Å². The second-order valence-electron chi connectivity index (χ2n) is 5.62. The van der Waals surface area contributed by atoms with Gasteiger partial charge in [0, 0.05) is 37.1 Å². The number of nitro groups is 1. The van der Waals surface area contributed by atoms with Gasteiger partial charge in [0.2, 0.25) is 0 Å². The fourth-order valence-corrected chi connectivity index (χ4v) is 2.05. The van der Waals surface area contributed by atoms with Crippen LogP contribution >= 0.6 is 0 Å². The molecule has 1 N–H and O–H groups in total. The quantitative estimate of drug-likeness (QED) is 0.430. The van der Waals surface area contributed by atoms with E-state index >= 15 is 0 Å². The highest BCUT2D eigenvalue weighted by atomic mass is 16.6. The van der Waals surface area contributed by atoms with Crippen LogP contribution in [0.3, 0.4) is 0 Å². The topological polar surface area (TPSA) is 77.3 Å². The van der Waals surface area contributed by atoms with Gasteiger partial charge in [0.25, 0.3) is 5.69 Å².